The van der Waals surface area contributed by atoms with Crippen LogP contribution >= 0.6 is 15.9 Å². The molecule has 0 aromatic carbocycles. The van der Waals surface area contributed by atoms with Crippen LogP contribution < -0.4 is 10.3 Å². The molecule has 0 saturated heterocycles. The lowest BCUT2D eigenvalue weighted by molar-refractivity contribution is 0.292. The van der Waals surface area contributed by atoms with Gasteiger partial charge in [0, 0.05) is 35.7 Å². The number of pyridine rings is 3. The number of hydrogen-bond acceptors (Lipinski definition) is 4. The van der Waals surface area contributed by atoms with Crippen LogP contribution in [0, 0.1) is 32.4 Å². The van der Waals surface area contributed by atoms with Gasteiger partial charge in [-0.15, -0.1) is 0 Å². The quantitative estimate of drug-likeness (QED) is 0.577. The smallest absolute Gasteiger partial charge is 0.259 e. The highest BCUT2D eigenvalue weighted by Crippen LogP contribution is 2.25. The lowest BCUT2D eigenvalue weighted by Gasteiger charge is -2.17. The summed E-state index contributed by atoms with van der Waals surface area (Å²) in [7, 11) is 0. The summed E-state index contributed by atoms with van der Waals surface area (Å²) in [5, 5.41) is 0. The molecule has 0 fully saturated rings. The van der Waals surface area contributed by atoms with Gasteiger partial charge in [0.25, 0.3) is 5.56 Å². The van der Waals surface area contributed by atoms with Gasteiger partial charge in [-0.2, -0.15) is 0 Å². The molecule has 3 aromatic rings. The number of aryl methyl sites for hydroxylation is 2. The predicted octanol–water partition coefficient (Wildman–Crippen LogP) is 4.17. The van der Waals surface area contributed by atoms with Crippen LogP contribution in [0.1, 0.15) is 22.5 Å². The molecule has 140 valence electrons. The van der Waals surface area contributed by atoms with E-state index in [1.165, 1.54) is 6.07 Å². The Morgan fingerprint density at radius 1 is 1.11 bits per heavy atom. The average Bonchev–Trinajstić information content (AvgIpc) is 2.60. The second kappa shape index (κ2) is 7.56. The average molecular weight is 436 g/mol. The van der Waals surface area contributed by atoms with E-state index >= 15 is 0 Å². The van der Waals surface area contributed by atoms with Crippen molar-refractivity contribution in [1.82, 2.24) is 14.5 Å². The first-order valence-corrected chi connectivity index (χ1v) is 8.85. The third-order valence-electron chi connectivity index (χ3n) is 4.08. The second-order valence-corrected chi connectivity index (χ2v) is 6.83. The zero-order valence-corrected chi connectivity index (χ0v) is 16.5. The highest BCUT2D eigenvalue weighted by Gasteiger charge is 2.14. The molecule has 3 aromatic heterocycles. The van der Waals surface area contributed by atoms with E-state index in [1.807, 2.05) is 13.8 Å². The van der Waals surface area contributed by atoms with Gasteiger partial charge in [-0.25, -0.2) is 13.8 Å². The van der Waals surface area contributed by atoms with Crippen LogP contribution in [-0.4, -0.2) is 14.5 Å². The molecule has 0 aliphatic rings. The van der Waals surface area contributed by atoms with Gasteiger partial charge in [0.1, 0.15) is 28.5 Å². The Hall–Kier alpha value is -2.61. The highest BCUT2D eigenvalue weighted by molar-refractivity contribution is 9.10. The predicted molar refractivity (Wildman–Crippen MR) is 100 cm³/mol. The molecule has 3 rings (SSSR count). The maximum Gasteiger partial charge on any atom is 0.259 e. The summed E-state index contributed by atoms with van der Waals surface area (Å²) in [6.45, 7) is 5.31. The van der Waals surface area contributed by atoms with Gasteiger partial charge in [0.2, 0.25) is 0 Å². The molecule has 0 atom stereocenters. The summed E-state index contributed by atoms with van der Waals surface area (Å²) in [6, 6.07) is 3.74. The largest absolute Gasteiger partial charge is 0.487 e. The fraction of sp³-hybridized carbons (Fsp3) is 0.211. The van der Waals surface area contributed by atoms with Gasteiger partial charge in [-0.1, -0.05) is 0 Å². The maximum atomic E-state index is 13.7. The molecule has 0 unspecified atom stereocenters. The first-order valence-electron chi connectivity index (χ1n) is 8.06. The monoisotopic (exact) mass is 435 g/mol. The van der Waals surface area contributed by atoms with Gasteiger partial charge in [0.05, 0.1) is 11.9 Å². The van der Waals surface area contributed by atoms with Crippen LogP contribution in [0.4, 0.5) is 8.78 Å². The van der Waals surface area contributed by atoms with Crippen molar-refractivity contribution in [2.75, 3.05) is 0 Å². The number of nitrogens with zero attached hydrogens (tertiary/aromatic N) is 3. The zero-order valence-electron chi connectivity index (χ0n) is 14.9. The lowest BCUT2D eigenvalue weighted by Crippen LogP contribution is -2.22. The summed E-state index contributed by atoms with van der Waals surface area (Å²) in [6.07, 6.45) is 2.60. The normalized spacial score (nSPS) is 10.9. The molecule has 0 amide bonds. The van der Waals surface area contributed by atoms with Crippen molar-refractivity contribution < 1.29 is 13.5 Å². The van der Waals surface area contributed by atoms with Gasteiger partial charge < -0.3 is 4.74 Å². The molecule has 0 aliphatic carbocycles. The Labute approximate surface area is 162 Å². The van der Waals surface area contributed by atoms with Crippen LogP contribution in [0.2, 0.25) is 0 Å². The third kappa shape index (κ3) is 3.90. The number of halogens is 3. The molecular formula is C19H16BrF2N3O2. The Bertz CT molecular complexity index is 1080. The van der Waals surface area contributed by atoms with Crippen LogP contribution in [-0.2, 0) is 6.61 Å². The first-order chi connectivity index (χ1) is 12.8. The van der Waals surface area contributed by atoms with Gasteiger partial charge in [-0.3, -0.25) is 14.3 Å². The van der Waals surface area contributed by atoms with Crippen LogP contribution in [0.3, 0.4) is 0 Å². The van der Waals surface area contributed by atoms with Crippen LogP contribution in [0.15, 0.2) is 40.0 Å². The summed E-state index contributed by atoms with van der Waals surface area (Å²) >= 11 is 3.38. The Morgan fingerprint density at radius 3 is 2.52 bits per heavy atom. The molecule has 3 heterocycles. The van der Waals surface area contributed by atoms with E-state index in [4.69, 9.17) is 4.74 Å². The van der Waals surface area contributed by atoms with E-state index in [0.717, 1.165) is 29.1 Å². The number of hydrogen-bond donors (Lipinski definition) is 0. The Kier molecular flexibility index (Phi) is 5.36. The fourth-order valence-electron chi connectivity index (χ4n) is 2.79. The highest BCUT2D eigenvalue weighted by atomic mass is 79.9. The van der Waals surface area contributed by atoms with Crippen LogP contribution in [0.5, 0.6) is 5.75 Å². The standard InChI is InChI=1S/C19H16BrF2N3O2/c1-10-7-24-19(20)12(3)18(10)25-11(2)4-14(6-17(25)26)27-9-16-15(22)5-13(21)8-23-16/h4-8H,9H2,1-3H3. The van der Waals surface area contributed by atoms with E-state index in [1.54, 1.807) is 23.8 Å². The lowest BCUT2D eigenvalue weighted by atomic mass is 10.1. The molecule has 0 aliphatic heterocycles. The van der Waals surface area contributed by atoms with Crippen molar-refractivity contribution in [1.29, 1.82) is 0 Å². The zero-order chi connectivity index (χ0) is 19.7. The SMILES string of the molecule is Cc1cnc(Br)c(C)c1-n1c(C)cc(OCc2ncc(F)cc2F)cc1=O. The fourth-order valence-corrected chi connectivity index (χ4v) is 3.08. The van der Waals surface area contributed by atoms with Gasteiger partial charge >= 0.3 is 0 Å². The van der Waals surface area contributed by atoms with Crippen molar-refractivity contribution in [2.45, 2.75) is 27.4 Å². The van der Waals surface area contributed by atoms with E-state index in [9.17, 15) is 13.6 Å². The second-order valence-electron chi connectivity index (χ2n) is 6.08. The molecule has 0 radical (unpaired) electrons. The summed E-state index contributed by atoms with van der Waals surface area (Å²) in [5.74, 6) is -1.28. The topological polar surface area (TPSA) is 57.0 Å². The van der Waals surface area contributed by atoms with Crippen molar-refractivity contribution in [3.05, 3.63) is 79.7 Å². The third-order valence-corrected chi connectivity index (χ3v) is 4.88. The minimum atomic E-state index is -0.798. The summed E-state index contributed by atoms with van der Waals surface area (Å²) < 4.78 is 34.3. The van der Waals surface area contributed by atoms with Crippen molar-refractivity contribution in [3.63, 3.8) is 0 Å². The molecule has 0 N–H and O–H groups in total. The van der Waals surface area contributed by atoms with Crippen LogP contribution in [0.25, 0.3) is 5.69 Å². The van der Waals surface area contributed by atoms with E-state index in [0.29, 0.717) is 10.3 Å². The number of rotatable bonds is 4. The van der Waals surface area contributed by atoms with E-state index in [-0.39, 0.29) is 23.6 Å². The summed E-state index contributed by atoms with van der Waals surface area (Å²) in [5.41, 5.74) is 2.76. The molecule has 0 saturated carbocycles. The number of aromatic nitrogens is 3. The first kappa shape index (κ1) is 19.2. The number of ether oxygens (including phenoxy) is 1. The molecule has 0 bridgehead atoms. The molecule has 5 nitrogen and oxygen atoms in total. The van der Waals surface area contributed by atoms with E-state index in [2.05, 4.69) is 25.9 Å². The van der Waals surface area contributed by atoms with Crippen molar-refractivity contribution in [2.24, 2.45) is 0 Å². The summed E-state index contributed by atoms with van der Waals surface area (Å²) in [4.78, 5) is 20.6. The minimum absolute atomic E-state index is 0.0389. The minimum Gasteiger partial charge on any atom is -0.487 e. The Morgan fingerprint density at radius 2 is 1.85 bits per heavy atom. The molecule has 0 spiro atoms. The van der Waals surface area contributed by atoms with Crippen molar-refractivity contribution >= 4 is 15.9 Å². The maximum absolute atomic E-state index is 13.7. The molecule has 8 heteroatoms. The van der Waals surface area contributed by atoms with E-state index < -0.39 is 11.6 Å². The molecule has 27 heavy (non-hydrogen) atoms. The molecular weight excluding hydrogens is 420 g/mol. The van der Waals surface area contributed by atoms with Gasteiger partial charge in [-0.05, 0) is 42.3 Å². The van der Waals surface area contributed by atoms with Gasteiger partial charge in [0.15, 0.2) is 5.82 Å². The van der Waals surface area contributed by atoms with Crippen molar-refractivity contribution in [3.8, 4) is 11.4 Å². The Balaban J connectivity index is 1.94.